The molecule has 2 aliphatic rings. The van der Waals surface area contributed by atoms with E-state index in [1.807, 2.05) is 18.2 Å². The molecule has 2 aliphatic carbocycles. The van der Waals surface area contributed by atoms with E-state index in [1.165, 1.54) is 44.9 Å². The van der Waals surface area contributed by atoms with Crippen LogP contribution < -0.4 is 21.3 Å². The molecule has 0 atom stereocenters. The van der Waals surface area contributed by atoms with E-state index in [2.05, 4.69) is 38.2 Å². The smallest absolute Gasteiger partial charge is 0.251 e. The van der Waals surface area contributed by atoms with Gasteiger partial charge in [0, 0.05) is 31.2 Å². The fourth-order valence-electron chi connectivity index (χ4n) is 5.30. The van der Waals surface area contributed by atoms with Gasteiger partial charge in [-0.1, -0.05) is 44.4 Å². The molecule has 0 radical (unpaired) electrons. The standard InChI is InChI=1S/C30H47N7O3/c1-23-12-14-26(15-13-23)34-30-36-28(35-29(37-30)33-22-24-8-4-2-5-9-24)32-17-19-40-21-20-39-18-16-31-27(38)25-10-6-3-7-11-25/h3,6-7,10-11,23-24,26H,2,4-5,8-9,12-22H2,1H3,(H,31,38)(H3,32,33,34,35,36,37). The SMILES string of the molecule is CC1CCC(Nc2nc(NCCOCCOCCNC(=O)c3ccccc3)nc(NCC3CCCCC3)n2)CC1. The van der Waals surface area contributed by atoms with Gasteiger partial charge in [0.05, 0.1) is 26.4 Å². The van der Waals surface area contributed by atoms with Gasteiger partial charge >= 0.3 is 0 Å². The first-order chi connectivity index (χ1) is 19.7. The largest absolute Gasteiger partial charge is 0.377 e. The van der Waals surface area contributed by atoms with E-state index in [9.17, 15) is 4.79 Å². The second-order valence-electron chi connectivity index (χ2n) is 11.1. The molecular formula is C30H47N7O3. The van der Waals surface area contributed by atoms with Gasteiger partial charge < -0.3 is 30.7 Å². The molecule has 220 valence electrons. The summed E-state index contributed by atoms with van der Waals surface area (Å²) in [5.41, 5.74) is 0.648. The van der Waals surface area contributed by atoms with E-state index in [1.54, 1.807) is 12.1 Å². The normalized spacial score (nSPS) is 19.6. The van der Waals surface area contributed by atoms with E-state index >= 15 is 0 Å². The molecule has 0 aliphatic heterocycles. The van der Waals surface area contributed by atoms with Gasteiger partial charge in [0.1, 0.15) is 0 Å². The number of nitrogens with zero attached hydrogens (tertiary/aromatic N) is 3. The van der Waals surface area contributed by atoms with Crippen molar-refractivity contribution in [3.8, 4) is 0 Å². The van der Waals surface area contributed by atoms with Crippen LogP contribution in [-0.2, 0) is 9.47 Å². The Balaban J connectivity index is 1.14. The molecule has 0 spiro atoms. The third kappa shape index (κ3) is 10.9. The fourth-order valence-corrected chi connectivity index (χ4v) is 5.30. The molecule has 2 fully saturated rings. The Hall–Kier alpha value is -2.98. The molecular weight excluding hydrogens is 506 g/mol. The van der Waals surface area contributed by atoms with Crippen LogP contribution in [0.5, 0.6) is 0 Å². The van der Waals surface area contributed by atoms with Crippen molar-refractivity contribution < 1.29 is 14.3 Å². The minimum Gasteiger partial charge on any atom is -0.377 e. The first-order valence-corrected chi connectivity index (χ1v) is 15.1. The van der Waals surface area contributed by atoms with Gasteiger partial charge in [-0.25, -0.2) is 0 Å². The summed E-state index contributed by atoms with van der Waals surface area (Å²) >= 11 is 0. The number of amides is 1. The van der Waals surface area contributed by atoms with Crippen LogP contribution in [-0.4, -0.2) is 73.0 Å². The average molecular weight is 554 g/mol. The zero-order valence-electron chi connectivity index (χ0n) is 24.0. The number of nitrogens with one attached hydrogen (secondary N) is 4. The second-order valence-corrected chi connectivity index (χ2v) is 11.1. The molecule has 1 heterocycles. The number of carbonyl (C=O) groups excluding carboxylic acids is 1. The van der Waals surface area contributed by atoms with Crippen molar-refractivity contribution >= 4 is 23.8 Å². The zero-order valence-corrected chi connectivity index (χ0v) is 24.0. The van der Waals surface area contributed by atoms with Gasteiger partial charge in [-0.05, 0) is 62.5 Å². The van der Waals surface area contributed by atoms with Crippen molar-refractivity contribution in [2.75, 3.05) is 62.0 Å². The second kappa shape index (κ2) is 17.0. The summed E-state index contributed by atoms with van der Waals surface area (Å²) in [6, 6.07) is 9.57. The summed E-state index contributed by atoms with van der Waals surface area (Å²) in [5.74, 6) is 3.22. The predicted molar refractivity (Wildman–Crippen MR) is 159 cm³/mol. The molecule has 4 N–H and O–H groups in total. The lowest BCUT2D eigenvalue weighted by Crippen LogP contribution is -2.27. The Morgan fingerprint density at radius 2 is 1.43 bits per heavy atom. The van der Waals surface area contributed by atoms with E-state index in [4.69, 9.17) is 14.5 Å². The fraction of sp³-hybridized carbons (Fsp3) is 0.667. The number of ether oxygens (including phenoxy) is 2. The highest BCUT2D eigenvalue weighted by Gasteiger charge is 2.20. The average Bonchev–Trinajstić information content (AvgIpc) is 2.99. The molecule has 2 aromatic rings. The van der Waals surface area contributed by atoms with Gasteiger partial charge in [0.25, 0.3) is 5.91 Å². The number of anilines is 3. The van der Waals surface area contributed by atoms with Crippen molar-refractivity contribution in [2.24, 2.45) is 11.8 Å². The van der Waals surface area contributed by atoms with Crippen LogP contribution in [0.15, 0.2) is 30.3 Å². The molecule has 0 bridgehead atoms. The van der Waals surface area contributed by atoms with Crippen LogP contribution in [0, 0.1) is 11.8 Å². The molecule has 1 aromatic heterocycles. The van der Waals surface area contributed by atoms with Gasteiger partial charge in [-0.2, -0.15) is 15.0 Å². The Morgan fingerprint density at radius 3 is 2.15 bits per heavy atom. The highest BCUT2D eigenvalue weighted by Crippen LogP contribution is 2.26. The Labute approximate surface area is 238 Å². The number of hydrogen-bond donors (Lipinski definition) is 4. The highest BCUT2D eigenvalue weighted by molar-refractivity contribution is 5.94. The van der Waals surface area contributed by atoms with E-state index in [0.717, 1.165) is 25.3 Å². The van der Waals surface area contributed by atoms with Gasteiger partial charge in [0.2, 0.25) is 17.8 Å². The van der Waals surface area contributed by atoms with Crippen molar-refractivity contribution in [2.45, 2.75) is 70.8 Å². The predicted octanol–water partition coefficient (Wildman–Crippen LogP) is 4.73. The summed E-state index contributed by atoms with van der Waals surface area (Å²) < 4.78 is 11.3. The topological polar surface area (TPSA) is 122 Å². The lowest BCUT2D eigenvalue weighted by atomic mass is 9.87. The number of carbonyl (C=O) groups is 1. The lowest BCUT2D eigenvalue weighted by molar-refractivity contribution is 0.0519. The monoisotopic (exact) mass is 553 g/mol. The van der Waals surface area contributed by atoms with Crippen LogP contribution in [0.25, 0.3) is 0 Å². The Kier molecular flexibility index (Phi) is 12.7. The maximum Gasteiger partial charge on any atom is 0.251 e. The van der Waals surface area contributed by atoms with Crippen molar-refractivity contribution in [3.05, 3.63) is 35.9 Å². The molecule has 40 heavy (non-hydrogen) atoms. The third-order valence-electron chi connectivity index (χ3n) is 7.73. The zero-order chi connectivity index (χ0) is 27.8. The molecule has 10 heteroatoms. The Morgan fingerprint density at radius 1 is 0.775 bits per heavy atom. The number of benzene rings is 1. The summed E-state index contributed by atoms with van der Waals surface area (Å²) in [5, 5.41) is 13.2. The van der Waals surface area contributed by atoms with Crippen LogP contribution in [0.4, 0.5) is 17.8 Å². The molecule has 1 aromatic carbocycles. The van der Waals surface area contributed by atoms with E-state index in [-0.39, 0.29) is 5.91 Å². The molecule has 2 saturated carbocycles. The minimum absolute atomic E-state index is 0.0936. The minimum atomic E-state index is -0.0936. The molecule has 0 unspecified atom stereocenters. The summed E-state index contributed by atoms with van der Waals surface area (Å²) in [6.45, 7) is 6.17. The first-order valence-electron chi connectivity index (χ1n) is 15.1. The number of aromatic nitrogens is 3. The molecule has 1 amide bonds. The van der Waals surface area contributed by atoms with Crippen LogP contribution in [0.2, 0.25) is 0 Å². The molecule has 0 saturated heterocycles. The van der Waals surface area contributed by atoms with Gasteiger partial charge in [-0.3, -0.25) is 4.79 Å². The van der Waals surface area contributed by atoms with Crippen LogP contribution in [0.1, 0.15) is 75.1 Å². The number of hydrogen-bond acceptors (Lipinski definition) is 9. The highest BCUT2D eigenvalue weighted by atomic mass is 16.5. The Bertz CT molecular complexity index is 996. The maximum absolute atomic E-state index is 12.0. The van der Waals surface area contributed by atoms with Crippen LogP contribution in [0.3, 0.4) is 0 Å². The number of rotatable bonds is 16. The van der Waals surface area contributed by atoms with Crippen molar-refractivity contribution in [1.29, 1.82) is 0 Å². The van der Waals surface area contributed by atoms with E-state index < -0.39 is 0 Å². The van der Waals surface area contributed by atoms with E-state index in [0.29, 0.717) is 74.9 Å². The quantitative estimate of drug-likeness (QED) is 0.219. The molecule has 4 rings (SSSR count). The lowest BCUT2D eigenvalue weighted by Gasteiger charge is -2.27. The molecule has 10 nitrogen and oxygen atoms in total. The van der Waals surface area contributed by atoms with Gasteiger partial charge in [0.15, 0.2) is 0 Å². The summed E-state index contributed by atoms with van der Waals surface area (Å²) in [4.78, 5) is 26.0. The van der Waals surface area contributed by atoms with Crippen molar-refractivity contribution in [3.63, 3.8) is 0 Å². The maximum atomic E-state index is 12.0. The first kappa shape index (κ1) is 30.0. The summed E-state index contributed by atoms with van der Waals surface area (Å²) in [7, 11) is 0. The van der Waals surface area contributed by atoms with Gasteiger partial charge in [-0.15, -0.1) is 0 Å². The third-order valence-corrected chi connectivity index (χ3v) is 7.73. The van der Waals surface area contributed by atoms with Crippen molar-refractivity contribution in [1.82, 2.24) is 20.3 Å². The van der Waals surface area contributed by atoms with Crippen LogP contribution >= 0.6 is 0 Å². The summed E-state index contributed by atoms with van der Waals surface area (Å²) in [6.07, 6.45) is 11.3.